The molecule has 0 N–H and O–H groups in total. The van der Waals surface area contributed by atoms with Crippen molar-refractivity contribution >= 4 is 23.0 Å². The zero-order chi connectivity index (χ0) is 5.98. The van der Waals surface area contributed by atoms with Crippen molar-refractivity contribution in [2.75, 3.05) is 0 Å². The highest BCUT2D eigenvalue weighted by Gasteiger charge is 1.98. The molecule has 1 rings (SSSR count). The maximum Gasteiger partial charge on any atom is 0.149 e. The summed E-state index contributed by atoms with van der Waals surface area (Å²) < 4.78 is 0. The van der Waals surface area contributed by atoms with Crippen molar-refractivity contribution in [1.29, 1.82) is 0 Å². The maximum atomic E-state index is 5.45. The van der Waals surface area contributed by atoms with Crippen LogP contribution in [-0.4, -0.2) is 11.4 Å². The second-order valence-corrected chi connectivity index (χ2v) is 1.73. The van der Waals surface area contributed by atoms with Gasteiger partial charge in [0, 0.05) is 0 Å². The molecule has 0 fully saturated rings. The van der Waals surface area contributed by atoms with Crippen LogP contribution in [0.3, 0.4) is 0 Å². The minimum absolute atomic E-state index is 0.457. The minimum Gasteiger partial charge on any atom is -0.234 e. The molecule has 0 saturated carbocycles. The molecule has 1 heterocycles. The molecule has 0 aliphatic carbocycles. The molecule has 8 heavy (non-hydrogen) atoms. The van der Waals surface area contributed by atoms with E-state index >= 15 is 0 Å². The Hall–Kier alpha value is -0.630. The molecular formula is C5H5ClN2. The number of rotatable bonds is 0. The van der Waals surface area contributed by atoms with Crippen LogP contribution >= 0.6 is 11.6 Å². The van der Waals surface area contributed by atoms with Crippen LogP contribution in [0, 0.1) is 0 Å². The third-order valence-electron chi connectivity index (χ3n) is 0.783. The second kappa shape index (κ2) is 2.09. The number of nitrogens with zero attached hydrogens (tertiary/aromatic N) is 2. The van der Waals surface area contributed by atoms with Gasteiger partial charge in [-0.05, 0) is 13.0 Å². The van der Waals surface area contributed by atoms with E-state index in [1.165, 1.54) is 6.21 Å². The molecule has 0 radical (unpaired) electrons. The number of halogens is 1. The molecule has 0 atom stereocenters. The van der Waals surface area contributed by atoms with Gasteiger partial charge in [-0.15, -0.1) is 0 Å². The summed E-state index contributed by atoms with van der Waals surface area (Å²) in [5, 5.41) is 0.457. The van der Waals surface area contributed by atoms with Gasteiger partial charge in [0.05, 0.1) is 6.21 Å². The highest BCUT2D eigenvalue weighted by atomic mass is 35.5. The largest absolute Gasteiger partial charge is 0.234 e. The van der Waals surface area contributed by atoms with Crippen LogP contribution in [0.25, 0.3) is 0 Å². The van der Waals surface area contributed by atoms with E-state index in [1.54, 1.807) is 6.08 Å². The van der Waals surface area contributed by atoms with Crippen molar-refractivity contribution < 1.29 is 0 Å². The Morgan fingerprint density at radius 3 is 2.75 bits per heavy atom. The van der Waals surface area contributed by atoms with Gasteiger partial charge >= 0.3 is 0 Å². The van der Waals surface area contributed by atoms with Gasteiger partial charge in [-0.3, -0.25) is 0 Å². The summed E-state index contributed by atoms with van der Waals surface area (Å²) >= 11 is 5.45. The average molecular weight is 129 g/mol. The molecule has 0 spiro atoms. The molecule has 1 aliphatic heterocycles. The second-order valence-electron chi connectivity index (χ2n) is 1.34. The lowest BCUT2D eigenvalue weighted by Crippen LogP contribution is -1.76. The van der Waals surface area contributed by atoms with Gasteiger partial charge in [0.2, 0.25) is 0 Å². The smallest absolute Gasteiger partial charge is 0.149 e. The van der Waals surface area contributed by atoms with E-state index < -0.39 is 0 Å². The van der Waals surface area contributed by atoms with Crippen LogP contribution in [0.4, 0.5) is 0 Å². The van der Waals surface area contributed by atoms with E-state index in [9.17, 15) is 0 Å². The molecular weight excluding hydrogens is 124 g/mol. The van der Waals surface area contributed by atoms with Crippen molar-refractivity contribution in [2.45, 2.75) is 6.92 Å². The van der Waals surface area contributed by atoms with E-state index in [4.69, 9.17) is 11.6 Å². The summed E-state index contributed by atoms with van der Waals surface area (Å²) in [4.78, 5) is 7.66. The zero-order valence-corrected chi connectivity index (χ0v) is 5.18. The van der Waals surface area contributed by atoms with Gasteiger partial charge in [0.25, 0.3) is 0 Å². The van der Waals surface area contributed by atoms with Gasteiger partial charge in [0.15, 0.2) is 0 Å². The lowest BCUT2D eigenvalue weighted by Gasteiger charge is -1.77. The molecule has 42 valence electrons. The lowest BCUT2D eigenvalue weighted by molar-refractivity contribution is 1.27. The summed E-state index contributed by atoms with van der Waals surface area (Å²) in [6.07, 6.45) is 3.32. The Morgan fingerprint density at radius 1 is 1.75 bits per heavy atom. The number of allylic oxidation sites excluding steroid dienone is 1. The molecule has 0 bridgehead atoms. The maximum absolute atomic E-state index is 5.45. The number of aliphatic imine (C=N–C) groups is 2. The Morgan fingerprint density at radius 2 is 2.50 bits per heavy atom. The van der Waals surface area contributed by atoms with E-state index in [0.29, 0.717) is 11.0 Å². The molecule has 1 aliphatic rings. The van der Waals surface area contributed by atoms with E-state index in [-0.39, 0.29) is 0 Å². The monoisotopic (exact) mass is 128 g/mol. The number of hydrogen-bond acceptors (Lipinski definition) is 2. The molecule has 0 unspecified atom stereocenters. The zero-order valence-electron chi connectivity index (χ0n) is 4.43. The summed E-state index contributed by atoms with van der Waals surface area (Å²) in [6.45, 7) is 1.87. The van der Waals surface area contributed by atoms with E-state index in [2.05, 4.69) is 9.98 Å². The predicted octanol–water partition coefficient (Wildman–Crippen LogP) is 1.57. The Kier molecular flexibility index (Phi) is 1.44. The highest BCUT2D eigenvalue weighted by molar-refractivity contribution is 6.80. The molecule has 2 nitrogen and oxygen atoms in total. The van der Waals surface area contributed by atoms with Crippen LogP contribution in [-0.2, 0) is 0 Å². The van der Waals surface area contributed by atoms with E-state index in [0.717, 1.165) is 0 Å². The fourth-order valence-electron chi connectivity index (χ4n) is 0.426. The number of hydrogen-bond donors (Lipinski definition) is 0. The summed E-state index contributed by atoms with van der Waals surface area (Å²) in [5.74, 6) is 0.690. The molecule has 0 aromatic rings. The average Bonchev–Trinajstić information content (AvgIpc) is 2.14. The fraction of sp³-hybridized carbons (Fsp3) is 0.200. The van der Waals surface area contributed by atoms with Crippen LogP contribution in [0.1, 0.15) is 6.92 Å². The van der Waals surface area contributed by atoms with Crippen molar-refractivity contribution in [3.05, 3.63) is 11.9 Å². The van der Waals surface area contributed by atoms with Crippen LogP contribution < -0.4 is 0 Å². The highest BCUT2D eigenvalue weighted by Crippen LogP contribution is 2.05. The van der Waals surface area contributed by atoms with Crippen molar-refractivity contribution in [3.63, 3.8) is 0 Å². The summed E-state index contributed by atoms with van der Waals surface area (Å²) in [5.41, 5.74) is 0. The third kappa shape index (κ3) is 0.954. The molecule has 0 aromatic carbocycles. The standard InChI is InChI=1S/C5H5ClN2/c1-2-5-7-3-4(6)8-5/h2-3H,1H3/b5-2+. The lowest BCUT2D eigenvalue weighted by atomic mass is 10.6. The SMILES string of the molecule is C/C=C1\N=CC(Cl)=N1. The topological polar surface area (TPSA) is 24.7 Å². The van der Waals surface area contributed by atoms with Crippen LogP contribution in [0.2, 0.25) is 0 Å². The van der Waals surface area contributed by atoms with Crippen molar-refractivity contribution in [2.24, 2.45) is 9.98 Å². The van der Waals surface area contributed by atoms with Gasteiger partial charge in [-0.25, -0.2) is 9.98 Å². The van der Waals surface area contributed by atoms with E-state index in [1.807, 2.05) is 6.92 Å². The van der Waals surface area contributed by atoms with Crippen LogP contribution in [0.5, 0.6) is 0 Å². The minimum atomic E-state index is 0.457. The summed E-state index contributed by atoms with van der Waals surface area (Å²) in [7, 11) is 0. The molecule has 0 amide bonds. The Bertz CT molecular complexity index is 179. The van der Waals surface area contributed by atoms with Crippen molar-refractivity contribution in [1.82, 2.24) is 0 Å². The Balaban J connectivity index is 2.84. The first-order chi connectivity index (χ1) is 3.83. The van der Waals surface area contributed by atoms with Crippen molar-refractivity contribution in [3.8, 4) is 0 Å². The molecule has 0 saturated heterocycles. The normalized spacial score (nSPS) is 22.2. The fourth-order valence-corrected chi connectivity index (χ4v) is 0.561. The third-order valence-corrected chi connectivity index (χ3v) is 0.965. The summed E-state index contributed by atoms with van der Waals surface area (Å²) in [6, 6.07) is 0. The predicted molar refractivity (Wildman–Crippen MR) is 35.5 cm³/mol. The quantitative estimate of drug-likeness (QED) is 0.473. The van der Waals surface area contributed by atoms with Crippen LogP contribution in [0.15, 0.2) is 21.9 Å². The molecule has 3 heteroatoms. The van der Waals surface area contributed by atoms with Gasteiger partial charge < -0.3 is 0 Å². The first-order valence-corrected chi connectivity index (χ1v) is 2.65. The Labute approximate surface area is 52.6 Å². The van der Waals surface area contributed by atoms with Gasteiger partial charge in [-0.2, -0.15) is 0 Å². The first-order valence-electron chi connectivity index (χ1n) is 2.27. The first kappa shape index (κ1) is 5.51. The van der Waals surface area contributed by atoms with Gasteiger partial charge in [0.1, 0.15) is 11.0 Å². The molecule has 0 aromatic heterocycles. The van der Waals surface area contributed by atoms with Gasteiger partial charge in [-0.1, -0.05) is 11.6 Å².